The summed E-state index contributed by atoms with van der Waals surface area (Å²) < 4.78 is 7.44. The zero-order chi connectivity index (χ0) is 20.5. The van der Waals surface area contributed by atoms with Gasteiger partial charge in [0.15, 0.2) is 5.65 Å². The Bertz CT molecular complexity index is 1170. The highest BCUT2D eigenvalue weighted by atomic mass is 16.5. The van der Waals surface area contributed by atoms with Crippen molar-refractivity contribution in [1.82, 2.24) is 19.7 Å². The smallest absolute Gasteiger partial charge is 0.164 e. The predicted octanol–water partition coefficient (Wildman–Crippen LogP) is 3.61. The summed E-state index contributed by atoms with van der Waals surface area (Å²) in [6.45, 7) is 7.38. The monoisotopic (exact) mass is 390 g/mol. The van der Waals surface area contributed by atoms with Crippen LogP contribution in [-0.4, -0.2) is 32.4 Å². The van der Waals surface area contributed by atoms with E-state index in [4.69, 9.17) is 21.3 Å². The first-order valence-corrected chi connectivity index (χ1v) is 9.87. The number of ether oxygens (including phenoxy) is 1. The molecule has 0 amide bonds. The van der Waals surface area contributed by atoms with Gasteiger partial charge in [0.25, 0.3) is 0 Å². The molecule has 4 rings (SSSR count). The molecule has 0 aliphatic carbocycles. The molecule has 0 spiro atoms. The number of nitrogens with two attached hydrogens (primary N) is 2. The third kappa shape index (κ3) is 3.61. The molecule has 0 saturated heterocycles. The van der Waals surface area contributed by atoms with E-state index in [0.29, 0.717) is 30.5 Å². The first-order valence-electron chi connectivity index (χ1n) is 9.87. The maximum Gasteiger partial charge on any atom is 0.164 e. The minimum atomic E-state index is -0.0317. The van der Waals surface area contributed by atoms with Crippen molar-refractivity contribution in [2.45, 2.75) is 33.4 Å². The molecule has 0 unspecified atom stereocenters. The van der Waals surface area contributed by atoms with Gasteiger partial charge in [0, 0.05) is 11.6 Å². The highest BCUT2D eigenvalue weighted by molar-refractivity contribution is 6.00. The van der Waals surface area contributed by atoms with Crippen molar-refractivity contribution in [2.24, 2.45) is 11.7 Å². The molecule has 1 atom stereocenters. The molecular weight excluding hydrogens is 364 g/mol. The minimum absolute atomic E-state index is 0.0317. The standard InChI is InChI=1S/C22H26N6O/c1-4-29-17-8-7-14-9-16(6-5-15(14)10-17)20-19-21(24)25-12-26-22(19)28(27-20)11-18(23)13(2)3/h5-10,12-13,18H,4,11,23H2,1-3H3,(H2,24,25,26)/t18-/m1/s1. The van der Waals surface area contributed by atoms with Gasteiger partial charge in [-0.3, -0.25) is 0 Å². The van der Waals surface area contributed by atoms with Crippen LogP contribution in [0.15, 0.2) is 42.7 Å². The maximum atomic E-state index is 6.29. The van der Waals surface area contributed by atoms with Crippen molar-refractivity contribution in [3.8, 4) is 17.0 Å². The average Bonchev–Trinajstić information content (AvgIpc) is 3.07. The number of hydrogen-bond acceptors (Lipinski definition) is 6. The Hall–Kier alpha value is -3.19. The Balaban J connectivity index is 1.83. The van der Waals surface area contributed by atoms with Gasteiger partial charge in [-0.15, -0.1) is 0 Å². The fourth-order valence-corrected chi connectivity index (χ4v) is 3.40. The van der Waals surface area contributed by atoms with Crippen LogP contribution in [0.4, 0.5) is 5.82 Å². The summed E-state index contributed by atoms with van der Waals surface area (Å²) in [4.78, 5) is 8.61. The maximum absolute atomic E-state index is 6.29. The zero-order valence-corrected chi connectivity index (χ0v) is 17.0. The summed E-state index contributed by atoms with van der Waals surface area (Å²) in [7, 11) is 0. The van der Waals surface area contributed by atoms with Crippen molar-refractivity contribution >= 4 is 27.6 Å². The van der Waals surface area contributed by atoms with Crippen molar-refractivity contribution in [2.75, 3.05) is 12.3 Å². The Morgan fingerprint density at radius 1 is 1.07 bits per heavy atom. The summed E-state index contributed by atoms with van der Waals surface area (Å²) in [6, 6.07) is 12.3. The normalized spacial score (nSPS) is 12.7. The van der Waals surface area contributed by atoms with E-state index in [1.54, 1.807) is 0 Å². The van der Waals surface area contributed by atoms with Gasteiger partial charge >= 0.3 is 0 Å². The van der Waals surface area contributed by atoms with Gasteiger partial charge in [-0.05, 0) is 41.8 Å². The Morgan fingerprint density at radius 2 is 1.83 bits per heavy atom. The number of anilines is 1. The van der Waals surface area contributed by atoms with Crippen molar-refractivity contribution in [1.29, 1.82) is 0 Å². The van der Waals surface area contributed by atoms with Crippen LogP contribution in [0.5, 0.6) is 5.75 Å². The molecule has 2 heterocycles. The number of benzene rings is 2. The lowest BCUT2D eigenvalue weighted by Crippen LogP contribution is -2.32. The number of fused-ring (bicyclic) bond motifs is 2. The first-order chi connectivity index (χ1) is 14.0. The highest BCUT2D eigenvalue weighted by Gasteiger charge is 2.19. The number of rotatable bonds is 6. The van der Waals surface area contributed by atoms with E-state index in [0.717, 1.165) is 33.2 Å². The number of hydrogen-bond donors (Lipinski definition) is 2. The van der Waals surface area contributed by atoms with Gasteiger partial charge in [-0.1, -0.05) is 32.0 Å². The van der Waals surface area contributed by atoms with E-state index < -0.39 is 0 Å². The molecule has 2 aromatic heterocycles. The lowest BCUT2D eigenvalue weighted by atomic mass is 10.0. The van der Waals surface area contributed by atoms with Crippen molar-refractivity contribution < 1.29 is 4.74 Å². The molecule has 4 aromatic rings. The van der Waals surface area contributed by atoms with Gasteiger partial charge < -0.3 is 16.2 Å². The van der Waals surface area contributed by atoms with E-state index >= 15 is 0 Å². The molecule has 0 radical (unpaired) electrons. The fourth-order valence-electron chi connectivity index (χ4n) is 3.40. The van der Waals surface area contributed by atoms with Gasteiger partial charge in [-0.25, -0.2) is 14.6 Å². The quantitative estimate of drug-likeness (QED) is 0.521. The first kappa shape index (κ1) is 19.1. The second-order valence-electron chi connectivity index (χ2n) is 7.55. The third-order valence-electron chi connectivity index (χ3n) is 5.19. The molecule has 7 heteroatoms. The van der Waals surface area contributed by atoms with Gasteiger partial charge in [0.1, 0.15) is 23.6 Å². The topological polar surface area (TPSA) is 105 Å². The minimum Gasteiger partial charge on any atom is -0.494 e. The van der Waals surface area contributed by atoms with Crippen LogP contribution < -0.4 is 16.2 Å². The average molecular weight is 390 g/mol. The molecule has 4 N–H and O–H groups in total. The summed E-state index contributed by atoms with van der Waals surface area (Å²) in [6.07, 6.45) is 1.47. The van der Waals surface area contributed by atoms with Crippen LogP contribution in [0.25, 0.3) is 33.1 Å². The molecule has 0 aliphatic heterocycles. The summed E-state index contributed by atoms with van der Waals surface area (Å²) in [5.41, 5.74) is 14.9. The van der Waals surface area contributed by atoms with Gasteiger partial charge in [0.2, 0.25) is 0 Å². The fraction of sp³-hybridized carbons (Fsp3) is 0.318. The third-order valence-corrected chi connectivity index (χ3v) is 5.19. The molecule has 7 nitrogen and oxygen atoms in total. The van der Waals surface area contributed by atoms with E-state index in [2.05, 4.69) is 42.0 Å². The SMILES string of the molecule is CCOc1ccc2cc(-c3nn(C[C@@H](N)C(C)C)c4ncnc(N)c34)ccc2c1. The molecule has 0 aliphatic rings. The largest absolute Gasteiger partial charge is 0.494 e. The van der Waals surface area contributed by atoms with Crippen molar-refractivity contribution in [3.63, 3.8) is 0 Å². The van der Waals surface area contributed by atoms with Crippen LogP contribution in [0.1, 0.15) is 20.8 Å². The Labute approximate surface area is 169 Å². The second kappa shape index (κ2) is 7.67. The molecule has 2 aromatic carbocycles. The lowest BCUT2D eigenvalue weighted by molar-refractivity contribution is 0.341. The van der Waals surface area contributed by atoms with Crippen molar-refractivity contribution in [3.05, 3.63) is 42.7 Å². The summed E-state index contributed by atoms with van der Waals surface area (Å²) >= 11 is 0. The molecule has 0 bridgehead atoms. The second-order valence-corrected chi connectivity index (χ2v) is 7.55. The van der Waals surface area contributed by atoms with Crippen LogP contribution in [-0.2, 0) is 6.54 Å². The molecule has 150 valence electrons. The van der Waals surface area contributed by atoms with Crippen LogP contribution >= 0.6 is 0 Å². The summed E-state index contributed by atoms with van der Waals surface area (Å²) in [5.74, 6) is 1.61. The van der Waals surface area contributed by atoms with Crippen LogP contribution in [0.3, 0.4) is 0 Å². The highest BCUT2D eigenvalue weighted by Crippen LogP contribution is 2.33. The number of nitrogens with zero attached hydrogens (tertiary/aromatic N) is 4. The van der Waals surface area contributed by atoms with E-state index in [1.807, 2.05) is 29.8 Å². The predicted molar refractivity (Wildman–Crippen MR) is 117 cm³/mol. The molecule has 0 saturated carbocycles. The molecular formula is C22H26N6O. The van der Waals surface area contributed by atoms with E-state index in [-0.39, 0.29) is 6.04 Å². The van der Waals surface area contributed by atoms with E-state index in [1.165, 1.54) is 6.33 Å². The van der Waals surface area contributed by atoms with Gasteiger partial charge in [0.05, 0.1) is 18.5 Å². The Kier molecular flexibility index (Phi) is 5.07. The lowest BCUT2D eigenvalue weighted by Gasteiger charge is -2.15. The van der Waals surface area contributed by atoms with Crippen LogP contribution in [0, 0.1) is 5.92 Å². The van der Waals surface area contributed by atoms with Gasteiger partial charge in [-0.2, -0.15) is 5.10 Å². The molecule has 0 fully saturated rings. The van der Waals surface area contributed by atoms with E-state index in [9.17, 15) is 0 Å². The molecule has 29 heavy (non-hydrogen) atoms. The van der Waals surface area contributed by atoms with Crippen LogP contribution in [0.2, 0.25) is 0 Å². The Morgan fingerprint density at radius 3 is 2.59 bits per heavy atom. The summed E-state index contributed by atoms with van der Waals surface area (Å²) in [5, 5.41) is 7.79. The number of aromatic nitrogens is 4. The number of nitrogen functional groups attached to an aromatic ring is 1. The zero-order valence-electron chi connectivity index (χ0n) is 17.0.